The Morgan fingerprint density at radius 1 is 0.912 bits per heavy atom. The lowest BCUT2D eigenvalue weighted by Crippen LogP contribution is -2.51. The highest BCUT2D eigenvalue weighted by atomic mass is 16.5. The van der Waals surface area contributed by atoms with Crippen molar-refractivity contribution in [2.45, 2.75) is 45.7 Å². The van der Waals surface area contributed by atoms with Gasteiger partial charge in [0, 0.05) is 19.5 Å². The molecule has 5 nitrogen and oxygen atoms in total. The summed E-state index contributed by atoms with van der Waals surface area (Å²) in [6, 6.07) is 26.5. The third-order valence-electron chi connectivity index (χ3n) is 5.64. The molecule has 0 saturated carbocycles. The molecule has 0 aromatic heterocycles. The molecule has 0 spiro atoms. The maximum Gasteiger partial charge on any atom is 0.261 e. The van der Waals surface area contributed by atoms with Crippen LogP contribution in [0.3, 0.4) is 0 Å². The van der Waals surface area contributed by atoms with Crippen LogP contribution in [0.2, 0.25) is 0 Å². The van der Waals surface area contributed by atoms with Crippen LogP contribution in [-0.2, 0) is 22.6 Å². The number of rotatable bonds is 12. The van der Waals surface area contributed by atoms with Gasteiger partial charge in [0.2, 0.25) is 5.91 Å². The molecule has 0 aliphatic carbocycles. The predicted molar refractivity (Wildman–Crippen MR) is 136 cm³/mol. The summed E-state index contributed by atoms with van der Waals surface area (Å²) in [7, 11) is 0. The van der Waals surface area contributed by atoms with Crippen molar-refractivity contribution in [2.24, 2.45) is 0 Å². The second-order valence-electron chi connectivity index (χ2n) is 8.46. The van der Waals surface area contributed by atoms with Crippen LogP contribution < -0.4 is 10.1 Å². The number of aryl methyl sites for hydroxylation is 1. The van der Waals surface area contributed by atoms with E-state index < -0.39 is 6.04 Å². The van der Waals surface area contributed by atoms with E-state index in [1.54, 1.807) is 4.90 Å². The lowest BCUT2D eigenvalue weighted by molar-refractivity contribution is -0.142. The van der Waals surface area contributed by atoms with Gasteiger partial charge in [-0.1, -0.05) is 91.7 Å². The van der Waals surface area contributed by atoms with Gasteiger partial charge in [-0.25, -0.2) is 0 Å². The van der Waals surface area contributed by atoms with Crippen LogP contribution >= 0.6 is 0 Å². The molecule has 0 saturated heterocycles. The first-order valence-electron chi connectivity index (χ1n) is 11.9. The fourth-order valence-electron chi connectivity index (χ4n) is 3.81. The minimum absolute atomic E-state index is 0.136. The molecule has 3 aromatic carbocycles. The molecule has 0 unspecified atom stereocenters. The van der Waals surface area contributed by atoms with Crippen LogP contribution in [0, 0.1) is 6.92 Å². The molecule has 1 N–H and O–H groups in total. The average molecular weight is 459 g/mol. The zero-order valence-corrected chi connectivity index (χ0v) is 20.1. The van der Waals surface area contributed by atoms with Crippen LogP contribution in [0.1, 0.15) is 36.5 Å². The summed E-state index contributed by atoms with van der Waals surface area (Å²) in [5, 5.41) is 3.04. The largest absolute Gasteiger partial charge is 0.484 e. The second-order valence-corrected chi connectivity index (χ2v) is 8.46. The first kappa shape index (κ1) is 25.0. The summed E-state index contributed by atoms with van der Waals surface area (Å²) in [6.45, 7) is 4.89. The molecule has 3 aromatic rings. The van der Waals surface area contributed by atoms with Crippen molar-refractivity contribution in [1.82, 2.24) is 10.2 Å². The molecular weight excluding hydrogens is 424 g/mol. The smallest absolute Gasteiger partial charge is 0.261 e. The molecule has 0 bridgehead atoms. The predicted octanol–water partition coefficient (Wildman–Crippen LogP) is 4.93. The van der Waals surface area contributed by atoms with Crippen LogP contribution in [0.25, 0.3) is 0 Å². The van der Waals surface area contributed by atoms with Crippen molar-refractivity contribution in [3.05, 3.63) is 102 Å². The molecule has 3 rings (SSSR count). The Kier molecular flexibility index (Phi) is 9.71. The summed E-state index contributed by atoms with van der Waals surface area (Å²) < 4.78 is 5.77. The molecule has 5 heteroatoms. The molecule has 2 amide bonds. The third kappa shape index (κ3) is 7.77. The Morgan fingerprint density at radius 3 is 2.26 bits per heavy atom. The van der Waals surface area contributed by atoms with E-state index in [0.717, 1.165) is 29.5 Å². The fraction of sp³-hybridized carbons (Fsp3) is 0.310. The van der Waals surface area contributed by atoms with Gasteiger partial charge in [-0.2, -0.15) is 0 Å². The van der Waals surface area contributed by atoms with Crippen molar-refractivity contribution in [2.75, 3.05) is 13.2 Å². The SMILES string of the molecule is CCCCNC(=O)[C@H](Cc1ccccc1)N(Cc1cccc(C)c1)C(=O)COc1ccccc1. The highest BCUT2D eigenvalue weighted by Gasteiger charge is 2.30. The third-order valence-corrected chi connectivity index (χ3v) is 5.64. The Bertz CT molecular complexity index is 1040. The number of para-hydroxylation sites is 1. The molecule has 0 aliphatic rings. The summed E-state index contributed by atoms with van der Waals surface area (Å²) in [6.07, 6.45) is 2.31. The van der Waals surface area contributed by atoms with Crippen molar-refractivity contribution < 1.29 is 14.3 Å². The monoisotopic (exact) mass is 458 g/mol. The fourth-order valence-corrected chi connectivity index (χ4v) is 3.81. The van der Waals surface area contributed by atoms with Crippen LogP contribution in [-0.4, -0.2) is 35.9 Å². The quantitative estimate of drug-likeness (QED) is 0.392. The molecule has 178 valence electrons. The average Bonchev–Trinajstić information content (AvgIpc) is 2.86. The molecule has 1 atom stereocenters. The summed E-state index contributed by atoms with van der Waals surface area (Å²) in [5.74, 6) is 0.258. The maximum absolute atomic E-state index is 13.5. The number of unbranched alkanes of at least 4 members (excludes halogenated alkanes) is 1. The van der Waals surface area contributed by atoms with E-state index in [1.165, 1.54) is 0 Å². The second kappa shape index (κ2) is 13.2. The Hall–Kier alpha value is -3.60. The number of amides is 2. The van der Waals surface area contributed by atoms with E-state index in [-0.39, 0.29) is 18.4 Å². The van der Waals surface area contributed by atoms with E-state index in [1.807, 2.05) is 91.9 Å². The van der Waals surface area contributed by atoms with E-state index in [0.29, 0.717) is 25.3 Å². The highest BCUT2D eigenvalue weighted by Crippen LogP contribution is 2.17. The topological polar surface area (TPSA) is 58.6 Å². The molecule has 34 heavy (non-hydrogen) atoms. The number of nitrogens with zero attached hydrogens (tertiary/aromatic N) is 1. The number of hydrogen-bond donors (Lipinski definition) is 1. The standard InChI is InChI=1S/C29H34N2O3/c1-3-4-18-30-29(33)27(20-24-13-7-5-8-14-24)31(21-25-15-11-12-23(2)19-25)28(32)22-34-26-16-9-6-10-17-26/h5-17,19,27H,3-4,18,20-22H2,1-2H3,(H,30,33)/t27-/m0/s1. The summed E-state index contributed by atoms with van der Waals surface area (Å²) >= 11 is 0. The van der Waals surface area contributed by atoms with Crippen LogP contribution in [0.4, 0.5) is 0 Å². The number of nitrogens with one attached hydrogen (secondary N) is 1. The summed E-state index contributed by atoms with van der Waals surface area (Å²) in [5.41, 5.74) is 3.09. The van der Waals surface area contributed by atoms with Gasteiger partial charge in [-0.15, -0.1) is 0 Å². The Balaban J connectivity index is 1.87. The minimum Gasteiger partial charge on any atom is -0.484 e. The van der Waals surface area contributed by atoms with Gasteiger partial charge < -0.3 is 15.0 Å². The maximum atomic E-state index is 13.5. The van der Waals surface area contributed by atoms with E-state index >= 15 is 0 Å². The van der Waals surface area contributed by atoms with Crippen LogP contribution in [0.5, 0.6) is 5.75 Å². The van der Waals surface area contributed by atoms with Crippen molar-refractivity contribution >= 4 is 11.8 Å². The van der Waals surface area contributed by atoms with Crippen LogP contribution in [0.15, 0.2) is 84.9 Å². The van der Waals surface area contributed by atoms with Gasteiger partial charge >= 0.3 is 0 Å². The highest BCUT2D eigenvalue weighted by molar-refractivity contribution is 5.88. The first-order chi connectivity index (χ1) is 16.6. The minimum atomic E-state index is -0.647. The van der Waals surface area contributed by atoms with Gasteiger partial charge in [0.1, 0.15) is 11.8 Å². The molecule has 0 heterocycles. The van der Waals surface area contributed by atoms with E-state index in [4.69, 9.17) is 4.74 Å². The Labute approximate surface area is 202 Å². The van der Waals surface area contributed by atoms with Crippen molar-refractivity contribution in [3.63, 3.8) is 0 Å². The lowest BCUT2D eigenvalue weighted by atomic mass is 10.0. The zero-order chi connectivity index (χ0) is 24.2. The van der Waals surface area contributed by atoms with Gasteiger partial charge in [0.15, 0.2) is 6.61 Å². The number of carbonyl (C=O) groups excluding carboxylic acids is 2. The number of ether oxygens (including phenoxy) is 1. The number of carbonyl (C=O) groups is 2. The Morgan fingerprint density at radius 2 is 1.59 bits per heavy atom. The number of benzene rings is 3. The molecule has 0 radical (unpaired) electrons. The van der Waals surface area contributed by atoms with Gasteiger partial charge in [0.25, 0.3) is 5.91 Å². The molecule has 0 fully saturated rings. The lowest BCUT2D eigenvalue weighted by Gasteiger charge is -2.31. The van der Waals surface area contributed by atoms with Crippen molar-refractivity contribution in [3.8, 4) is 5.75 Å². The van der Waals surface area contributed by atoms with E-state index in [9.17, 15) is 9.59 Å². The molecule has 0 aliphatic heterocycles. The van der Waals surface area contributed by atoms with Gasteiger partial charge in [0.05, 0.1) is 0 Å². The zero-order valence-electron chi connectivity index (χ0n) is 20.1. The summed E-state index contributed by atoms with van der Waals surface area (Å²) in [4.78, 5) is 28.5. The van der Waals surface area contributed by atoms with Gasteiger partial charge in [-0.05, 0) is 36.6 Å². The van der Waals surface area contributed by atoms with E-state index in [2.05, 4.69) is 12.2 Å². The first-order valence-corrected chi connectivity index (χ1v) is 11.9. The van der Waals surface area contributed by atoms with Gasteiger partial charge in [-0.3, -0.25) is 9.59 Å². The van der Waals surface area contributed by atoms with Crippen molar-refractivity contribution in [1.29, 1.82) is 0 Å². The normalized spacial score (nSPS) is 11.5. The number of hydrogen-bond acceptors (Lipinski definition) is 3. The molecular formula is C29H34N2O3.